The van der Waals surface area contributed by atoms with Crippen molar-refractivity contribution in [3.63, 3.8) is 0 Å². The molecule has 0 aromatic heterocycles. The van der Waals surface area contributed by atoms with E-state index in [1.54, 1.807) is 19.1 Å². The molecule has 0 aliphatic carbocycles. The summed E-state index contributed by atoms with van der Waals surface area (Å²) in [6, 6.07) is 15.3. The van der Waals surface area contributed by atoms with Crippen LogP contribution in [0.3, 0.4) is 0 Å². The summed E-state index contributed by atoms with van der Waals surface area (Å²) in [5, 5.41) is 0. The number of methoxy groups -OCH3 is 2. The van der Waals surface area contributed by atoms with Crippen LogP contribution in [0.5, 0.6) is 17.2 Å². The predicted molar refractivity (Wildman–Crippen MR) is 125 cm³/mol. The third-order valence-corrected chi connectivity index (χ3v) is 5.96. The standard InChI is InChI=1S/C27H28FNO4/c1-17-11-18(2)13-22(12-17)33-16-24-23-15-26(32-4)25(31-3)14-20(23)9-10-29(24)27(30)19-5-7-21(28)8-6-19/h5-8,11-15,24H,9-10,16H2,1-4H3. The molecule has 4 rings (SSSR count). The van der Waals surface area contributed by atoms with Gasteiger partial charge in [-0.15, -0.1) is 0 Å². The van der Waals surface area contributed by atoms with Gasteiger partial charge in [-0.05, 0) is 91.1 Å². The number of benzene rings is 3. The van der Waals surface area contributed by atoms with E-state index in [4.69, 9.17) is 14.2 Å². The van der Waals surface area contributed by atoms with Crippen LogP contribution in [0, 0.1) is 19.7 Å². The normalized spacial score (nSPS) is 15.1. The highest BCUT2D eigenvalue weighted by atomic mass is 19.1. The molecule has 6 heteroatoms. The van der Waals surface area contributed by atoms with Crippen LogP contribution in [0.4, 0.5) is 4.39 Å². The molecule has 0 fully saturated rings. The molecule has 0 saturated heterocycles. The van der Waals surface area contributed by atoms with Gasteiger partial charge in [0.05, 0.1) is 20.3 Å². The van der Waals surface area contributed by atoms with Gasteiger partial charge in [0, 0.05) is 12.1 Å². The maximum absolute atomic E-state index is 13.4. The zero-order valence-electron chi connectivity index (χ0n) is 19.4. The molecule has 1 heterocycles. The second kappa shape index (κ2) is 9.53. The van der Waals surface area contributed by atoms with Crippen LogP contribution in [0.25, 0.3) is 0 Å². The van der Waals surface area contributed by atoms with Gasteiger partial charge in [-0.3, -0.25) is 4.79 Å². The van der Waals surface area contributed by atoms with Crippen molar-refractivity contribution in [2.24, 2.45) is 0 Å². The van der Waals surface area contributed by atoms with Crippen molar-refractivity contribution >= 4 is 5.91 Å². The number of aryl methyl sites for hydroxylation is 2. The van der Waals surface area contributed by atoms with Gasteiger partial charge in [0.2, 0.25) is 0 Å². The molecule has 3 aromatic rings. The summed E-state index contributed by atoms with van der Waals surface area (Å²) < 4.78 is 30.6. The van der Waals surface area contributed by atoms with E-state index in [0.29, 0.717) is 30.0 Å². The summed E-state index contributed by atoms with van der Waals surface area (Å²) in [6.07, 6.45) is 0.669. The van der Waals surface area contributed by atoms with Crippen molar-refractivity contribution in [3.05, 3.63) is 88.2 Å². The molecule has 1 aliphatic heterocycles. The van der Waals surface area contributed by atoms with Gasteiger partial charge in [0.1, 0.15) is 18.2 Å². The zero-order chi connectivity index (χ0) is 23.5. The molecule has 1 amide bonds. The van der Waals surface area contributed by atoms with E-state index in [0.717, 1.165) is 28.0 Å². The van der Waals surface area contributed by atoms with Crippen LogP contribution in [0.15, 0.2) is 54.6 Å². The van der Waals surface area contributed by atoms with Crippen LogP contribution in [-0.2, 0) is 6.42 Å². The highest BCUT2D eigenvalue weighted by Crippen LogP contribution is 2.39. The van der Waals surface area contributed by atoms with E-state index >= 15 is 0 Å². The minimum Gasteiger partial charge on any atom is -0.493 e. The van der Waals surface area contributed by atoms with E-state index in [9.17, 15) is 9.18 Å². The van der Waals surface area contributed by atoms with Gasteiger partial charge in [-0.1, -0.05) is 6.07 Å². The summed E-state index contributed by atoms with van der Waals surface area (Å²) in [4.78, 5) is 15.2. The maximum Gasteiger partial charge on any atom is 0.254 e. The topological polar surface area (TPSA) is 48.0 Å². The number of fused-ring (bicyclic) bond motifs is 1. The van der Waals surface area contributed by atoms with Crippen molar-refractivity contribution in [2.75, 3.05) is 27.4 Å². The van der Waals surface area contributed by atoms with Crippen molar-refractivity contribution in [1.29, 1.82) is 0 Å². The molecule has 33 heavy (non-hydrogen) atoms. The number of rotatable bonds is 6. The lowest BCUT2D eigenvalue weighted by Crippen LogP contribution is -2.42. The number of carbonyl (C=O) groups is 1. The van der Waals surface area contributed by atoms with Crippen LogP contribution < -0.4 is 14.2 Å². The Morgan fingerprint density at radius 1 is 0.970 bits per heavy atom. The SMILES string of the molecule is COc1cc2c(cc1OC)C(COc1cc(C)cc(C)c1)N(C(=O)c1ccc(F)cc1)CC2. The first-order chi connectivity index (χ1) is 15.9. The molecule has 0 bridgehead atoms. The monoisotopic (exact) mass is 449 g/mol. The van der Waals surface area contributed by atoms with Gasteiger partial charge < -0.3 is 19.1 Å². The van der Waals surface area contributed by atoms with Gasteiger partial charge >= 0.3 is 0 Å². The lowest BCUT2D eigenvalue weighted by Gasteiger charge is -2.37. The van der Waals surface area contributed by atoms with Crippen LogP contribution in [-0.4, -0.2) is 38.2 Å². The number of carbonyl (C=O) groups excluding carboxylic acids is 1. The van der Waals surface area contributed by atoms with Crippen molar-refractivity contribution in [1.82, 2.24) is 4.90 Å². The largest absolute Gasteiger partial charge is 0.493 e. The van der Waals surface area contributed by atoms with Gasteiger partial charge in [-0.2, -0.15) is 0 Å². The quantitative estimate of drug-likeness (QED) is 0.514. The Labute approximate surface area is 193 Å². The predicted octanol–water partition coefficient (Wildman–Crippen LogP) is 5.28. The average Bonchev–Trinajstić information content (AvgIpc) is 2.80. The maximum atomic E-state index is 13.4. The summed E-state index contributed by atoms with van der Waals surface area (Å²) in [7, 11) is 3.20. The Kier molecular flexibility index (Phi) is 6.54. The molecule has 0 spiro atoms. The number of halogens is 1. The van der Waals surface area contributed by atoms with E-state index in [-0.39, 0.29) is 24.4 Å². The Morgan fingerprint density at radius 3 is 2.24 bits per heavy atom. The highest BCUT2D eigenvalue weighted by Gasteiger charge is 2.33. The molecule has 172 valence electrons. The number of amides is 1. The number of nitrogens with zero attached hydrogens (tertiary/aromatic N) is 1. The van der Waals surface area contributed by atoms with Crippen molar-refractivity contribution < 1.29 is 23.4 Å². The minimum absolute atomic E-state index is 0.163. The Hall–Kier alpha value is -3.54. The van der Waals surface area contributed by atoms with Crippen molar-refractivity contribution in [2.45, 2.75) is 26.3 Å². The summed E-state index contributed by atoms with van der Waals surface area (Å²) in [6.45, 7) is 4.84. The second-order valence-corrected chi connectivity index (χ2v) is 8.31. The lowest BCUT2D eigenvalue weighted by atomic mass is 9.91. The smallest absolute Gasteiger partial charge is 0.254 e. The fraction of sp³-hybridized carbons (Fsp3) is 0.296. The molecular formula is C27H28FNO4. The third-order valence-electron chi connectivity index (χ3n) is 5.96. The van der Waals surface area contributed by atoms with Gasteiger partial charge in [0.15, 0.2) is 11.5 Å². The number of hydrogen-bond acceptors (Lipinski definition) is 4. The molecule has 1 atom stereocenters. The first kappa shape index (κ1) is 22.6. The van der Waals surface area contributed by atoms with E-state index in [1.165, 1.54) is 24.3 Å². The number of hydrogen-bond donors (Lipinski definition) is 0. The summed E-state index contributed by atoms with van der Waals surface area (Å²) in [5.41, 5.74) is 4.71. The molecule has 5 nitrogen and oxygen atoms in total. The molecule has 1 aliphatic rings. The molecule has 0 saturated carbocycles. The molecular weight excluding hydrogens is 421 g/mol. The Balaban J connectivity index is 1.71. The van der Waals surface area contributed by atoms with Crippen molar-refractivity contribution in [3.8, 4) is 17.2 Å². The first-order valence-corrected chi connectivity index (χ1v) is 10.9. The van der Waals surface area contributed by atoms with E-state index in [2.05, 4.69) is 6.07 Å². The Bertz CT molecular complexity index is 1140. The van der Waals surface area contributed by atoms with E-state index < -0.39 is 0 Å². The molecule has 1 unspecified atom stereocenters. The van der Waals surface area contributed by atoms with Gasteiger partial charge in [0.25, 0.3) is 5.91 Å². The minimum atomic E-state index is -0.373. The zero-order valence-corrected chi connectivity index (χ0v) is 19.4. The average molecular weight is 450 g/mol. The fourth-order valence-corrected chi connectivity index (χ4v) is 4.40. The summed E-state index contributed by atoms with van der Waals surface area (Å²) in [5.74, 6) is 1.48. The van der Waals surface area contributed by atoms with Crippen LogP contribution in [0.2, 0.25) is 0 Å². The van der Waals surface area contributed by atoms with E-state index in [1.807, 2.05) is 38.1 Å². The highest BCUT2D eigenvalue weighted by molar-refractivity contribution is 5.94. The number of ether oxygens (including phenoxy) is 3. The fourth-order valence-electron chi connectivity index (χ4n) is 4.40. The lowest BCUT2D eigenvalue weighted by molar-refractivity contribution is 0.0589. The summed E-state index contributed by atoms with van der Waals surface area (Å²) >= 11 is 0. The molecule has 0 N–H and O–H groups in total. The third kappa shape index (κ3) is 4.80. The molecule has 0 radical (unpaired) electrons. The van der Waals surface area contributed by atoms with Crippen LogP contribution in [0.1, 0.15) is 38.7 Å². The van der Waals surface area contributed by atoms with Gasteiger partial charge in [-0.25, -0.2) is 4.39 Å². The second-order valence-electron chi connectivity index (χ2n) is 8.31. The van der Waals surface area contributed by atoms with Crippen LogP contribution >= 0.6 is 0 Å². The Morgan fingerprint density at radius 2 is 1.61 bits per heavy atom. The molecule has 3 aromatic carbocycles. The first-order valence-electron chi connectivity index (χ1n) is 10.9.